The molecule has 0 radical (unpaired) electrons. The number of halogens is 2. The van der Waals surface area contributed by atoms with Gasteiger partial charge in [0.1, 0.15) is 6.04 Å². The van der Waals surface area contributed by atoms with Gasteiger partial charge in [-0.05, 0) is 49.8 Å². The van der Waals surface area contributed by atoms with Crippen LogP contribution in [0.1, 0.15) is 63.2 Å². The van der Waals surface area contributed by atoms with Gasteiger partial charge in [-0.15, -0.1) is 0 Å². The Morgan fingerprint density at radius 3 is 2.44 bits per heavy atom. The Morgan fingerprint density at radius 2 is 1.84 bits per heavy atom. The molecule has 1 aliphatic carbocycles. The van der Waals surface area contributed by atoms with E-state index in [9.17, 15) is 22.0 Å². The van der Waals surface area contributed by atoms with Crippen molar-refractivity contribution in [2.24, 2.45) is 11.8 Å². The second-order valence-corrected chi connectivity index (χ2v) is 10.7. The van der Waals surface area contributed by atoms with Crippen LogP contribution in [0.3, 0.4) is 0 Å². The van der Waals surface area contributed by atoms with Gasteiger partial charge in [0.2, 0.25) is 21.8 Å². The lowest BCUT2D eigenvalue weighted by atomic mass is 9.95. The zero-order chi connectivity index (χ0) is 23.0. The fraction of sp³-hybridized carbons (Fsp3) is 0.571. The first-order valence-corrected chi connectivity index (χ1v) is 12.2. The van der Waals surface area contributed by atoms with Gasteiger partial charge < -0.3 is 9.84 Å². The Labute approximate surface area is 185 Å². The average Bonchev–Trinajstić information content (AvgIpc) is 3.50. The Kier molecular flexibility index (Phi) is 6.30. The highest BCUT2D eigenvalue weighted by Gasteiger charge is 2.35. The van der Waals surface area contributed by atoms with E-state index >= 15 is 0 Å². The first-order valence-electron chi connectivity index (χ1n) is 10.8. The first kappa shape index (κ1) is 22.8. The molecule has 8 nitrogen and oxygen atoms in total. The summed E-state index contributed by atoms with van der Waals surface area (Å²) in [5, 5.41) is 7.00. The number of carbonyl (C=O) groups is 1. The average molecular weight is 469 g/mol. The number of hydrogen-bond acceptors (Lipinski definition) is 6. The summed E-state index contributed by atoms with van der Waals surface area (Å²) >= 11 is 0. The number of amides is 1. The maximum atomic E-state index is 13.5. The highest BCUT2D eigenvalue weighted by molar-refractivity contribution is 7.89. The van der Waals surface area contributed by atoms with Crippen molar-refractivity contribution in [3.63, 3.8) is 0 Å². The number of benzene rings is 1. The predicted octanol–water partition coefficient (Wildman–Crippen LogP) is 3.14. The molecule has 1 saturated carbocycles. The third-order valence-electron chi connectivity index (χ3n) is 5.98. The molecule has 2 heterocycles. The van der Waals surface area contributed by atoms with Crippen LogP contribution >= 0.6 is 0 Å². The molecule has 11 heteroatoms. The summed E-state index contributed by atoms with van der Waals surface area (Å²) in [4.78, 5) is 17.0. The van der Waals surface area contributed by atoms with Crippen molar-refractivity contribution in [2.45, 2.75) is 56.4 Å². The van der Waals surface area contributed by atoms with Gasteiger partial charge in [0.05, 0.1) is 4.90 Å². The third-order valence-corrected chi connectivity index (χ3v) is 7.88. The van der Waals surface area contributed by atoms with Gasteiger partial charge in [-0.1, -0.05) is 19.0 Å². The fourth-order valence-electron chi connectivity index (χ4n) is 3.81. The zero-order valence-corrected chi connectivity index (χ0v) is 18.7. The van der Waals surface area contributed by atoms with E-state index in [0.29, 0.717) is 36.5 Å². The number of sulfonamides is 1. The number of piperidine rings is 1. The smallest absolute Gasteiger partial charge is 0.249 e. The van der Waals surface area contributed by atoms with Crippen LogP contribution in [-0.2, 0) is 14.8 Å². The fourth-order valence-corrected chi connectivity index (χ4v) is 5.29. The maximum absolute atomic E-state index is 13.5. The van der Waals surface area contributed by atoms with Crippen molar-refractivity contribution in [1.82, 2.24) is 19.8 Å². The van der Waals surface area contributed by atoms with Gasteiger partial charge in [0.15, 0.2) is 17.5 Å². The lowest BCUT2D eigenvalue weighted by molar-refractivity contribution is -0.127. The van der Waals surface area contributed by atoms with Crippen LogP contribution in [0, 0.1) is 23.5 Å². The van der Waals surface area contributed by atoms with E-state index in [1.807, 2.05) is 13.8 Å². The Hall–Kier alpha value is -2.40. The van der Waals surface area contributed by atoms with Crippen molar-refractivity contribution in [2.75, 3.05) is 13.1 Å². The van der Waals surface area contributed by atoms with Crippen molar-refractivity contribution in [1.29, 1.82) is 0 Å². The molecule has 1 saturated heterocycles. The lowest BCUT2D eigenvalue weighted by Crippen LogP contribution is -2.44. The normalized spacial score (nSPS) is 19.3. The Balaban J connectivity index is 1.38. The van der Waals surface area contributed by atoms with Crippen LogP contribution in [0.15, 0.2) is 27.6 Å². The summed E-state index contributed by atoms with van der Waals surface area (Å²) in [5.41, 5.74) is 0. The van der Waals surface area contributed by atoms with Crippen LogP contribution in [0.5, 0.6) is 0 Å². The Morgan fingerprint density at radius 1 is 1.16 bits per heavy atom. The second kappa shape index (κ2) is 8.86. The first-order chi connectivity index (χ1) is 15.2. The summed E-state index contributed by atoms with van der Waals surface area (Å²) in [7, 11) is -3.97. The van der Waals surface area contributed by atoms with Gasteiger partial charge >= 0.3 is 0 Å². The van der Waals surface area contributed by atoms with Crippen molar-refractivity contribution in [3.8, 4) is 0 Å². The molecule has 32 heavy (non-hydrogen) atoms. The van der Waals surface area contributed by atoms with Gasteiger partial charge in [-0.2, -0.15) is 9.29 Å². The number of hydrogen-bond donors (Lipinski definition) is 1. The van der Waals surface area contributed by atoms with E-state index in [2.05, 4.69) is 15.5 Å². The minimum atomic E-state index is -3.97. The number of nitrogens with one attached hydrogen (secondary N) is 1. The topological polar surface area (TPSA) is 105 Å². The van der Waals surface area contributed by atoms with Crippen LogP contribution in [0.4, 0.5) is 8.78 Å². The molecule has 1 aromatic carbocycles. The molecule has 0 spiro atoms. The minimum Gasteiger partial charge on any atom is -0.344 e. The van der Waals surface area contributed by atoms with Gasteiger partial charge in [-0.25, -0.2) is 17.2 Å². The predicted molar refractivity (Wildman–Crippen MR) is 110 cm³/mol. The third kappa shape index (κ3) is 4.68. The van der Waals surface area contributed by atoms with Gasteiger partial charge in [0, 0.05) is 24.9 Å². The molecule has 1 aromatic heterocycles. The van der Waals surface area contributed by atoms with Crippen LogP contribution in [-0.4, -0.2) is 41.9 Å². The standard InChI is InChI=1S/C21H26F2N4O4S/c1-12(2)18(21-25-19(26-31-21)13-3-4-13)24-20(28)14-7-9-27(10-8-14)32(29,30)15-5-6-16(22)17(23)11-15/h5-6,11-14,18H,3-4,7-10H2,1-2H3,(H,24,28). The molecule has 4 rings (SSSR count). The molecule has 1 aliphatic heterocycles. The van der Waals surface area contributed by atoms with Crippen LogP contribution < -0.4 is 5.32 Å². The SMILES string of the molecule is CC(C)C(NC(=O)C1CCN(S(=O)(=O)c2ccc(F)c(F)c2)CC1)c1nc(C2CC2)no1. The van der Waals surface area contributed by atoms with E-state index in [4.69, 9.17) is 4.52 Å². The molecule has 1 amide bonds. The van der Waals surface area contributed by atoms with E-state index in [-0.39, 0.29) is 35.7 Å². The molecule has 0 bridgehead atoms. The van der Waals surface area contributed by atoms with E-state index in [1.54, 1.807) is 0 Å². The highest BCUT2D eigenvalue weighted by atomic mass is 32.2. The molecule has 2 aromatic rings. The Bertz CT molecular complexity index is 1090. The van der Waals surface area contributed by atoms with E-state index < -0.39 is 27.7 Å². The number of carbonyl (C=O) groups excluding carboxylic acids is 1. The molecular weight excluding hydrogens is 442 g/mol. The molecular formula is C21H26F2N4O4S. The molecule has 174 valence electrons. The van der Waals surface area contributed by atoms with Crippen LogP contribution in [0.2, 0.25) is 0 Å². The number of nitrogens with zero attached hydrogens (tertiary/aromatic N) is 3. The molecule has 1 N–H and O–H groups in total. The summed E-state index contributed by atoms with van der Waals surface area (Å²) in [6.45, 7) is 4.11. The summed E-state index contributed by atoms with van der Waals surface area (Å²) in [6.07, 6.45) is 2.72. The van der Waals surface area contributed by atoms with Crippen molar-refractivity contribution in [3.05, 3.63) is 41.5 Å². The number of rotatable bonds is 7. The van der Waals surface area contributed by atoms with Crippen LogP contribution in [0.25, 0.3) is 0 Å². The second-order valence-electron chi connectivity index (χ2n) is 8.75. The van der Waals surface area contributed by atoms with Crippen molar-refractivity contribution >= 4 is 15.9 Å². The molecule has 1 unspecified atom stereocenters. The van der Waals surface area contributed by atoms with Gasteiger partial charge in [0.25, 0.3) is 0 Å². The highest BCUT2D eigenvalue weighted by Crippen LogP contribution is 2.38. The monoisotopic (exact) mass is 468 g/mol. The van der Waals surface area contributed by atoms with E-state index in [1.165, 1.54) is 4.31 Å². The summed E-state index contributed by atoms with van der Waals surface area (Å²) in [6, 6.07) is 2.09. The number of aromatic nitrogens is 2. The van der Waals surface area contributed by atoms with E-state index in [0.717, 1.165) is 25.0 Å². The zero-order valence-electron chi connectivity index (χ0n) is 17.9. The maximum Gasteiger partial charge on any atom is 0.249 e. The summed E-state index contributed by atoms with van der Waals surface area (Å²) in [5.74, 6) is -1.46. The van der Waals surface area contributed by atoms with Gasteiger partial charge in [-0.3, -0.25) is 4.79 Å². The quantitative estimate of drug-likeness (QED) is 0.669. The minimum absolute atomic E-state index is 0.0280. The molecule has 2 fully saturated rings. The largest absolute Gasteiger partial charge is 0.344 e. The summed E-state index contributed by atoms with van der Waals surface area (Å²) < 4.78 is 58.7. The molecule has 2 aliphatic rings. The lowest BCUT2D eigenvalue weighted by Gasteiger charge is -2.31. The van der Waals surface area contributed by atoms with Crippen molar-refractivity contribution < 1.29 is 26.5 Å². The molecule has 1 atom stereocenters.